The van der Waals surface area contributed by atoms with Crippen molar-refractivity contribution in [1.29, 1.82) is 0 Å². The maximum absolute atomic E-state index is 6.73. The van der Waals surface area contributed by atoms with Gasteiger partial charge in [-0.1, -0.05) is 157 Å². The van der Waals surface area contributed by atoms with Crippen LogP contribution in [0.5, 0.6) is 0 Å². The van der Waals surface area contributed by atoms with Crippen molar-refractivity contribution < 1.29 is 8.83 Å². The fraction of sp³-hybridized carbons (Fsp3) is 0.0196. The van der Waals surface area contributed by atoms with Crippen LogP contribution in [0.25, 0.3) is 60.3 Å². The van der Waals surface area contributed by atoms with Gasteiger partial charge in [0.15, 0.2) is 5.58 Å². The Labute approximate surface area is 328 Å². The molecule has 0 N–H and O–H groups in total. The highest BCUT2D eigenvalue weighted by Gasteiger charge is 2.25. The fourth-order valence-corrected chi connectivity index (χ4v) is 7.95. The van der Waals surface area contributed by atoms with Crippen molar-refractivity contribution in [2.75, 3.05) is 4.90 Å². The molecule has 6 heteroatoms. The molecule has 6 nitrogen and oxygen atoms in total. The zero-order valence-electron chi connectivity index (χ0n) is 30.7. The number of benzene rings is 8. The zero-order chi connectivity index (χ0) is 37.7. The van der Waals surface area contributed by atoms with Gasteiger partial charge in [0.05, 0.1) is 28.8 Å². The van der Waals surface area contributed by atoms with Crippen LogP contribution in [0.4, 0.5) is 17.1 Å². The molecule has 2 aromatic heterocycles. The summed E-state index contributed by atoms with van der Waals surface area (Å²) in [4.78, 5) is 12.5. The average Bonchev–Trinajstić information content (AvgIpc) is 3.87. The highest BCUT2D eigenvalue weighted by atomic mass is 16.3. The lowest BCUT2D eigenvalue weighted by Crippen LogP contribution is -2.17. The number of para-hydroxylation sites is 3. The number of furan rings is 2. The van der Waals surface area contributed by atoms with Gasteiger partial charge in [-0.2, -0.15) is 0 Å². The van der Waals surface area contributed by atoms with Crippen LogP contribution in [0.15, 0.2) is 213 Å². The molecule has 0 amide bonds. The Morgan fingerprint density at radius 2 is 1.07 bits per heavy atom. The highest BCUT2D eigenvalue weighted by molar-refractivity contribution is 6.23. The molecular weight excluding hydrogens is 701 g/mol. The van der Waals surface area contributed by atoms with E-state index in [1.54, 1.807) is 0 Å². The number of fused-ring (bicyclic) bond motifs is 6. The van der Waals surface area contributed by atoms with E-state index in [0.717, 1.165) is 88.8 Å². The molecule has 1 aliphatic heterocycles. The molecule has 57 heavy (non-hydrogen) atoms. The topological polar surface area (TPSA) is 68.3 Å². The van der Waals surface area contributed by atoms with Crippen molar-refractivity contribution in [2.45, 2.75) is 6.17 Å². The molecule has 1 aliphatic rings. The van der Waals surface area contributed by atoms with E-state index in [4.69, 9.17) is 24.1 Å². The second-order valence-corrected chi connectivity index (χ2v) is 14.1. The first-order chi connectivity index (χ1) is 28.2. The smallest absolute Gasteiger partial charge is 0.159 e. The first-order valence-corrected chi connectivity index (χ1v) is 19.0. The molecule has 1 atom stereocenters. The maximum atomic E-state index is 6.73. The summed E-state index contributed by atoms with van der Waals surface area (Å²) in [5, 5.41) is 9.30. The summed E-state index contributed by atoms with van der Waals surface area (Å²) in [5.41, 5.74) is 10.9. The van der Waals surface area contributed by atoms with E-state index in [-0.39, 0.29) is 0 Å². The fourth-order valence-electron chi connectivity index (χ4n) is 7.95. The van der Waals surface area contributed by atoms with Gasteiger partial charge < -0.3 is 24.0 Å². The van der Waals surface area contributed by atoms with Crippen molar-refractivity contribution in [2.24, 2.45) is 9.98 Å². The van der Waals surface area contributed by atoms with E-state index in [2.05, 4.69) is 120 Å². The number of hydrogen-bond donors (Lipinski definition) is 0. The molecule has 11 rings (SSSR count). The Bertz CT molecular complexity index is 3150. The molecule has 0 fully saturated rings. The molecule has 3 heterocycles. The van der Waals surface area contributed by atoms with Crippen molar-refractivity contribution in [3.8, 4) is 11.1 Å². The average molecular weight is 734 g/mol. The molecule has 0 saturated carbocycles. The molecule has 10 aromatic rings. The predicted octanol–water partition coefficient (Wildman–Crippen LogP) is 13.9. The third-order valence-corrected chi connectivity index (χ3v) is 10.6. The van der Waals surface area contributed by atoms with Gasteiger partial charge >= 0.3 is 0 Å². The van der Waals surface area contributed by atoms with E-state index in [1.807, 2.05) is 78.9 Å². The molecule has 8 aromatic carbocycles. The van der Waals surface area contributed by atoms with Crippen LogP contribution in [-0.4, -0.2) is 11.7 Å². The van der Waals surface area contributed by atoms with Gasteiger partial charge in [0.2, 0.25) is 0 Å². The Kier molecular flexibility index (Phi) is 7.78. The van der Waals surface area contributed by atoms with Crippen LogP contribution >= 0.6 is 0 Å². The van der Waals surface area contributed by atoms with Gasteiger partial charge in [-0.25, -0.2) is 0 Å². The first-order valence-electron chi connectivity index (χ1n) is 19.0. The quantitative estimate of drug-likeness (QED) is 0.164. The molecular formula is C51H33N4O2-. The summed E-state index contributed by atoms with van der Waals surface area (Å²) in [6, 6.07) is 66.5. The minimum Gasteiger partial charge on any atom is -0.456 e. The van der Waals surface area contributed by atoms with E-state index < -0.39 is 6.17 Å². The molecule has 270 valence electrons. The molecule has 0 bridgehead atoms. The zero-order valence-corrected chi connectivity index (χ0v) is 30.7. The van der Waals surface area contributed by atoms with Gasteiger partial charge in [-0.3, -0.25) is 4.99 Å². The molecule has 1 unspecified atom stereocenters. The first kappa shape index (κ1) is 32.7. The number of amidine groups is 2. The lowest BCUT2D eigenvalue weighted by Gasteiger charge is -2.33. The van der Waals surface area contributed by atoms with Crippen molar-refractivity contribution in [1.82, 2.24) is 0 Å². The van der Waals surface area contributed by atoms with Crippen LogP contribution in [0.3, 0.4) is 0 Å². The van der Waals surface area contributed by atoms with E-state index >= 15 is 0 Å². The lowest BCUT2D eigenvalue weighted by atomic mass is 10.0. The van der Waals surface area contributed by atoms with E-state index in [0.29, 0.717) is 11.7 Å². The number of nitrogens with zero attached hydrogens (tertiary/aromatic N) is 4. The summed E-state index contributed by atoms with van der Waals surface area (Å²) in [5.74, 6) is 1.20. The van der Waals surface area contributed by atoms with Gasteiger partial charge in [-0.05, 0) is 70.3 Å². The monoisotopic (exact) mass is 733 g/mol. The van der Waals surface area contributed by atoms with Gasteiger partial charge in [0.25, 0.3) is 0 Å². The van der Waals surface area contributed by atoms with Crippen LogP contribution in [0.1, 0.15) is 22.9 Å². The number of hydrogen-bond acceptors (Lipinski definition) is 5. The number of anilines is 3. The molecule has 0 radical (unpaired) electrons. The summed E-state index contributed by atoms with van der Waals surface area (Å²) in [6.45, 7) is 0. The van der Waals surface area contributed by atoms with Crippen molar-refractivity contribution >= 4 is 72.6 Å². The predicted molar refractivity (Wildman–Crippen MR) is 233 cm³/mol. The largest absolute Gasteiger partial charge is 0.456 e. The third-order valence-electron chi connectivity index (χ3n) is 10.6. The highest BCUT2D eigenvalue weighted by Crippen LogP contribution is 2.47. The van der Waals surface area contributed by atoms with Crippen LogP contribution in [0.2, 0.25) is 0 Å². The van der Waals surface area contributed by atoms with Gasteiger partial charge in [0, 0.05) is 21.8 Å². The van der Waals surface area contributed by atoms with Crippen molar-refractivity contribution in [3.05, 3.63) is 216 Å². The second-order valence-electron chi connectivity index (χ2n) is 14.1. The van der Waals surface area contributed by atoms with Crippen LogP contribution < -0.4 is 4.90 Å². The minimum absolute atomic E-state index is 0.477. The summed E-state index contributed by atoms with van der Waals surface area (Å²) in [6.07, 6.45) is -0.477. The van der Waals surface area contributed by atoms with Gasteiger partial charge in [-0.15, -0.1) is 0 Å². The Balaban J connectivity index is 1.17. The number of rotatable bonds is 7. The molecule has 0 aliphatic carbocycles. The summed E-state index contributed by atoms with van der Waals surface area (Å²) in [7, 11) is 0. The standard InChI is InChI=1S/C51H33N4O2/c1-4-15-33(16-5-1)34-27-29-38(30-28-34)55(42-24-14-23-40-39-21-10-12-25-44(39)57-48(40)42)43-31-37(32-46-47(43)41-22-11-13-26-45(41)56-46)51-53-49(35-17-6-2-7-18-35)52-50(54-51)36-19-8-3-9-20-36/h1-32,49H/q-1. The molecule has 0 spiro atoms. The van der Waals surface area contributed by atoms with Crippen molar-refractivity contribution in [3.63, 3.8) is 0 Å². The van der Waals surface area contributed by atoms with Gasteiger partial charge in [0.1, 0.15) is 16.7 Å². The maximum Gasteiger partial charge on any atom is 0.159 e. The number of aliphatic imine (C=N–C) groups is 2. The summed E-state index contributed by atoms with van der Waals surface area (Å²) >= 11 is 0. The molecule has 0 saturated heterocycles. The Hall–Kier alpha value is -7.70. The normalized spacial score (nSPS) is 14.1. The van der Waals surface area contributed by atoms with E-state index in [1.165, 1.54) is 0 Å². The van der Waals surface area contributed by atoms with Crippen LogP contribution in [-0.2, 0) is 0 Å². The SMILES string of the molecule is c1ccc(C2=NC(c3ccccc3)[N-]C(c3cc(N(c4ccc(-c5ccccc5)cc4)c4cccc5c4oc4ccccc45)c4c(c3)oc3ccccc34)=N2)cc1. The lowest BCUT2D eigenvalue weighted by molar-refractivity contribution is 0.668. The summed E-state index contributed by atoms with van der Waals surface area (Å²) < 4.78 is 13.4. The third kappa shape index (κ3) is 5.74. The minimum atomic E-state index is -0.477. The Morgan fingerprint density at radius 1 is 0.456 bits per heavy atom. The Morgan fingerprint density at radius 3 is 1.82 bits per heavy atom. The van der Waals surface area contributed by atoms with Crippen LogP contribution in [0, 0.1) is 0 Å². The van der Waals surface area contributed by atoms with E-state index in [9.17, 15) is 0 Å². The second kappa shape index (κ2) is 13.6.